The highest BCUT2D eigenvalue weighted by Gasteiger charge is 2.11. The zero-order chi connectivity index (χ0) is 14.4. The van der Waals surface area contributed by atoms with E-state index < -0.39 is 0 Å². The Labute approximate surface area is 125 Å². The topological polar surface area (TPSA) is 58.4 Å². The Kier molecular flexibility index (Phi) is 5.73. The highest BCUT2D eigenvalue weighted by Crippen LogP contribution is 2.18. The van der Waals surface area contributed by atoms with Gasteiger partial charge >= 0.3 is 0 Å². The summed E-state index contributed by atoms with van der Waals surface area (Å²) in [5.41, 5.74) is 8.28. The maximum atomic E-state index is 11.9. The van der Waals surface area contributed by atoms with Gasteiger partial charge in [0.15, 0.2) is 0 Å². The fourth-order valence-electron chi connectivity index (χ4n) is 2.27. The molecule has 1 aliphatic rings. The summed E-state index contributed by atoms with van der Waals surface area (Å²) in [5, 5.41) is 2.95. The Morgan fingerprint density at radius 3 is 2.90 bits per heavy atom. The molecule has 0 aliphatic carbocycles. The van der Waals surface area contributed by atoms with Gasteiger partial charge in [0.05, 0.1) is 0 Å². The number of aryl methyl sites for hydroxylation is 1. The van der Waals surface area contributed by atoms with Gasteiger partial charge in [0, 0.05) is 42.4 Å². The fourth-order valence-corrected chi connectivity index (χ4v) is 3.25. The van der Waals surface area contributed by atoms with E-state index in [-0.39, 0.29) is 5.91 Å². The molecule has 1 saturated heterocycles. The zero-order valence-electron chi connectivity index (χ0n) is 12.0. The van der Waals surface area contributed by atoms with Crippen molar-refractivity contribution < 1.29 is 4.79 Å². The van der Waals surface area contributed by atoms with E-state index in [0.717, 1.165) is 37.3 Å². The minimum absolute atomic E-state index is 0.0742. The van der Waals surface area contributed by atoms with Gasteiger partial charge < -0.3 is 16.0 Å². The molecule has 0 atom stereocenters. The molecule has 0 spiro atoms. The van der Waals surface area contributed by atoms with Crippen LogP contribution in [0, 0.1) is 6.92 Å². The van der Waals surface area contributed by atoms with Crippen LogP contribution in [-0.4, -0.2) is 41.9 Å². The molecule has 1 aromatic carbocycles. The summed E-state index contributed by atoms with van der Waals surface area (Å²) in [7, 11) is 0. The Bertz CT molecular complexity index is 458. The second-order valence-corrected chi connectivity index (χ2v) is 6.40. The number of nitrogens with zero attached hydrogens (tertiary/aromatic N) is 1. The molecule has 5 heteroatoms. The number of nitrogen functional groups attached to an aromatic ring is 1. The first-order valence-electron chi connectivity index (χ1n) is 7.11. The smallest absolute Gasteiger partial charge is 0.224 e. The minimum Gasteiger partial charge on any atom is -0.399 e. The third kappa shape index (κ3) is 4.72. The summed E-state index contributed by atoms with van der Waals surface area (Å²) in [5.74, 6) is 2.51. The maximum absolute atomic E-state index is 11.9. The van der Waals surface area contributed by atoms with Gasteiger partial charge in [0.2, 0.25) is 5.91 Å². The summed E-state index contributed by atoms with van der Waals surface area (Å²) in [4.78, 5) is 14.4. The Hall–Kier alpha value is -1.20. The molecule has 20 heavy (non-hydrogen) atoms. The van der Waals surface area contributed by atoms with Crippen LogP contribution >= 0.6 is 11.8 Å². The molecule has 1 aromatic rings. The second-order valence-electron chi connectivity index (χ2n) is 5.18. The van der Waals surface area contributed by atoms with Crippen molar-refractivity contribution in [2.45, 2.75) is 19.8 Å². The largest absolute Gasteiger partial charge is 0.399 e. The highest BCUT2D eigenvalue weighted by atomic mass is 32.2. The van der Waals surface area contributed by atoms with E-state index in [4.69, 9.17) is 5.73 Å². The number of hydrogen-bond acceptors (Lipinski definition) is 4. The van der Waals surface area contributed by atoms with Crippen LogP contribution in [0.3, 0.4) is 0 Å². The number of benzene rings is 1. The first kappa shape index (κ1) is 15.2. The molecule has 1 amide bonds. The lowest BCUT2D eigenvalue weighted by Gasteiger charge is -2.25. The predicted molar refractivity (Wildman–Crippen MR) is 87.2 cm³/mol. The lowest BCUT2D eigenvalue weighted by Crippen LogP contribution is -2.33. The van der Waals surface area contributed by atoms with Crippen molar-refractivity contribution in [3.63, 3.8) is 0 Å². The Morgan fingerprint density at radius 2 is 2.15 bits per heavy atom. The van der Waals surface area contributed by atoms with Crippen molar-refractivity contribution >= 4 is 29.0 Å². The summed E-state index contributed by atoms with van der Waals surface area (Å²) < 4.78 is 0. The van der Waals surface area contributed by atoms with Crippen molar-refractivity contribution in [2.75, 3.05) is 42.2 Å². The quantitative estimate of drug-likeness (QED) is 0.818. The fraction of sp³-hybridized carbons (Fsp3) is 0.533. The van der Waals surface area contributed by atoms with E-state index in [1.54, 1.807) is 0 Å². The number of thioether (sulfide) groups is 1. The molecule has 0 radical (unpaired) electrons. The van der Waals surface area contributed by atoms with Gasteiger partial charge in [0.25, 0.3) is 0 Å². The van der Waals surface area contributed by atoms with E-state index in [1.165, 1.54) is 11.5 Å². The number of amides is 1. The first-order chi connectivity index (χ1) is 9.65. The van der Waals surface area contributed by atoms with Crippen LogP contribution in [0.25, 0.3) is 0 Å². The number of nitrogens with two attached hydrogens (primary N) is 1. The standard InChI is InChI=1S/C15H23N3OS/c1-12-4-5-13(16)11-14(12)17-15(19)3-2-6-18-7-9-20-10-8-18/h4-5,11H,2-3,6-10,16H2,1H3,(H,17,19). The number of carbonyl (C=O) groups is 1. The van der Waals surface area contributed by atoms with Crippen molar-refractivity contribution in [2.24, 2.45) is 0 Å². The van der Waals surface area contributed by atoms with Crippen LogP contribution in [0.5, 0.6) is 0 Å². The average Bonchev–Trinajstić information content (AvgIpc) is 2.44. The zero-order valence-corrected chi connectivity index (χ0v) is 12.8. The lowest BCUT2D eigenvalue weighted by atomic mass is 10.1. The first-order valence-corrected chi connectivity index (χ1v) is 8.27. The van der Waals surface area contributed by atoms with Crippen molar-refractivity contribution in [1.29, 1.82) is 0 Å². The molecule has 0 saturated carbocycles. The number of hydrogen-bond donors (Lipinski definition) is 2. The van der Waals surface area contributed by atoms with Crippen LogP contribution < -0.4 is 11.1 Å². The van der Waals surface area contributed by atoms with E-state index in [2.05, 4.69) is 10.2 Å². The van der Waals surface area contributed by atoms with Crippen LogP contribution in [0.4, 0.5) is 11.4 Å². The molecule has 2 rings (SSSR count). The number of nitrogens with one attached hydrogen (secondary N) is 1. The molecule has 0 bridgehead atoms. The van der Waals surface area contributed by atoms with E-state index >= 15 is 0 Å². The molecule has 4 nitrogen and oxygen atoms in total. The third-order valence-electron chi connectivity index (χ3n) is 3.52. The maximum Gasteiger partial charge on any atom is 0.224 e. The molecule has 1 fully saturated rings. The number of carbonyl (C=O) groups excluding carboxylic acids is 1. The highest BCUT2D eigenvalue weighted by molar-refractivity contribution is 7.99. The molecule has 0 unspecified atom stereocenters. The molecule has 0 aromatic heterocycles. The lowest BCUT2D eigenvalue weighted by molar-refractivity contribution is -0.116. The summed E-state index contributed by atoms with van der Waals surface area (Å²) >= 11 is 2.01. The predicted octanol–water partition coefficient (Wildman–Crippen LogP) is 2.34. The molecule has 3 N–H and O–H groups in total. The van der Waals surface area contributed by atoms with Crippen LogP contribution in [0.1, 0.15) is 18.4 Å². The second kappa shape index (κ2) is 7.55. The molecule has 1 heterocycles. The van der Waals surface area contributed by atoms with E-state index in [0.29, 0.717) is 12.1 Å². The van der Waals surface area contributed by atoms with Crippen LogP contribution in [0.15, 0.2) is 18.2 Å². The van der Waals surface area contributed by atoms with Crippen molar-refractivity contribution in [3.8, 4) is 0 Å². The number of anilines is 2. The van der Waals surface area contributed by atoms with Gasteiger partial charge in [-0.15, -0.1) is 0 Å². The number of rotatable bonds is 5. The van der Waals surface area contributed by atoms with E-state index in [9.17, 15) is 4.79 Å². The third-order valence-corrected chi connectivity index (χ3v) is 4.46. The van der Waals surface area contributed by atoms with Gasteiger partial charge in [-0.3, -0.25) is 4.79 Å². The van der Waals surface area contributed by atoms with Gasteiger partial charge in [-0.2, -0.15) is 11.8 Å². The van der Waals surface area contributed by atoms with Gasteiger partial charge in [-0.05, 0) is 37.6 Å². The average molecular weight is 293 g/mol. The van der Waals surface area contributed by atoms with Gasteiger partial charge in [-0.25, -0.2) is 0 Å². The van der Waals surface area contributed by atoms with Gasteiger partial charge in [0.1, 0.15) is 0 Å². The molecule has 1 aliphatic heterocycles. The van der Waals surface area contributed by atoms with Crippen LogP contribution in [0.2, 0.25) is 0 Å². The minimum atomic E-state index is 0.0742. The molecular weight excluding hydrogens is 270 g/mol. The SMILES string of the molecule is Cc1ccc(N)cc1NC(=O)CCCN1CCSCC1. The normalized spacial score (nSPS) is 16.1. The van der Waals surface area contributed by atoms with Crippen LogP contribution in [-0.2, 0) is 4.79 Å². The van der Waals surface area contributed by atoms with E-state index in [1.807, 2.05) is 36.9 Å². The molecule has 110 valence electrons. The van der Waals surface area contributed by atoms with Crippen molar-refractivity contribution in [1.82, 2.24) is 4.90 Å². The monoisotopic (exact) mass is 293 g/mol. The Balaban J connectivity index is 1.73. The van der Waals surface area contributed by atoms with Crippen molar-refractivity contribution in [3.05, 3.63) is 23.8 Å². The summed E-state index contributed by atoms with van der Waals surface area (Å²) in [6, 6.07) is 5.59. The summed E-state index contributed by atoms with van der Waals surface area (Å²) in [6.07, 6.45) is 1.48. The van der Waals surface area contributed by atoms with Gasteiger partial charge in [-0.1, -0.05) is 6.07 Å². The Morgan fingerprint density at radius 1 is 1.40 bits per heavy atom. The summed E-state index contributed by atoms with van der Waals surface area (Å²) in [6.45, 7) is 5.30. The molecular formula is C15H23N3OS.